The molecule has 1 amide bonds. The van der Waals surface area contributed by atoms with Gasteiger partial charge in [-0.25, -0.2) is 0 Å². The molecule has 1 aromatic heterocycles. The Balaban J connectivity index is 1.43. The van der Waals surface area contributed by atoms with Gasteiger partial charge < -0.3 is 15.4 Å². The van der Waals surface area contributed by atoms with Crippen LogP contribution in [0.5, 0.6) is 5.75 Å². The second kappa shape index (κ2) is 7.85. The number of carbonyl (C=O) groups is 1. The number of rotatable bonds is 4. The summed E-state index contributed by atoms with van der Waals surface area (Å²) in [4.78, 5) is 19.2. The van der Waals surface area contributed by atoms with E-state index < -0.39 is 0 Å². The summed E-state index contributed by atoms with van der Waals surface area (Å²) < 4.78 is 5.68. The van der Waals surface area contributed by atoms with E-state index in [1.54, 1.807) is 6.20 Å². The lowest BCUT2D eigenvalue weighted by Crippen LogP contribution is -2.50. The van der Waals surface area contributed by atoms with E-state index in [0.29, 0.717) is 13.2 Å². The fourth-order valence-electron chi connectivity index (χ4n) is 3.75. The van der Waals surface area contributed by atoms with Crippen LogP contribution in [0.4, 0.5) is 0 Å². The average molecular weight is 352 g/mol. The van der Waals surface area contributed by atoms with Crippen molar-refractivity contribution in [2.45, 2.75) is 18.5 Å². The first-order chi connectivity index (χ1) is 12.8. The molecule has 2 atom stereocenters. The van der Waals surface area contributed by atoms with Crippen LogP contribution in [-0.4, -0.2) is 48.6 Å². The molecule has 3 heterocycles. The fourth-order valence-corrected chi connectivity index (χ4v) is 3.75. The summed E-state index contributed by atoms with van der Waals surface area (Å²) in [5.74, 6) is 0.932. The van der Waals surface area contributed by atoms with Crippen LogP contribution in [0.1, 0.15) is 29.6 Å². The molecular weight excluding hydrogens is 328 g/mol. The van der Waals surface area contributed by atoms with E-state index in [0.717, 1.165) is 42.9 Å². The smallest absolute Gasteiger partial charge is 0.234 e. The monoisotopic (exact) mass is 352 g/mol. The highest BCUT2D eigenvalue weighted by atomic mass is 16.5. The number of para-hydroxylation sites is 1. The number of nitrogens with one attached hydrogen (secondary N) is 2. The van der Waals surface area contributed by atoms with Gasteiger partial charge in [0, 0.05) is 50.1 Å². The van der Waals surface area contributed by atoms with Gasteiger partial charge >= 0.3 is 0 Å². The van der Waals surface area contributed by atoms with Crippen LogP contribution in [0.25, 0.3) is 0 Å². The molecule has 6 nitrogen and oxygen atoms in total. The van der Waals surface area contributed by atoms with Gasteiger partial charge in [-0.3, -0.25) is 14.7 Å². The molecular formula is C20H24N4O2. The molecule has 2 unspecified atom stereocenters. The molecule has 4 rings (SSSR count). The number of piperazine rings is 1. The zero-order chi connectivity index (χ0) is 17.8. The van der Waals surface area contributed by atoms with Gasteiger partial charge in [-0.05, 0) is 17.7 Å². The number of amides is 1. The lowest BCUT2D eigenvalue weighted by Gasteiger charge is -2.36. The summed E-state index contributed by atoms with van der Waals surface area (Å²) in [6.07, 6.45) is 4.47. The van der Waals surface area contributed by atoms with Crippen LogP contribution >= 0.6 is 0 Å². The fraction of sp³-hybridized carbons (Fsp3) is 0.400. The molecule has 0 spiro atoms. The minimum Gasteiger partial charge on any atom is -0.493 e. The Hall–Kier alpha value is -2.44. The number of benzene rings is 1. The van der Waals surface area contributed by atoms with Gasteiger partial charge in [0.25, 0.3) is 0 Å². The maximum absolute atomic E-state index is 12.7. The molecule has 136 valence electrons. The summed E-state index contributed by atoms with van der Waals surface area (Å²) in [7, 11) is 0. The second-order valence-corrected chi connectivity index (χ2v) is 6.77. The highest BCUT2D eigenvalue weighted by Gasteiger charge is 2.28. The van der Waals surface area contributed by atoms with Crippen molar-refractivity contribution in [2.75, 3.05) is 32.8 Å². The minimum atomic E-state index is 0.0206. The van der Waals surface area contributed by atoms with E-state index in [9.17, 15) is 4.79 Å². The van der Waals surface area contributed by atoms with E-state index in [-0.39, 0.29) is 18.0 Å². The van der Waals surface area contributed by atoms with Crippen molar-refractivity contribution >= 4 is 5.91 Å². The predicted molar refractivity (Wildman–Crippen MR) is 98.9 cm³/mol. The first kappa shape index (κ1) is 17.0. The van der Waals surface area contributed by atoms with Gasteiger partial charge in [-0.1, -0.05) is 24.3 Å². The summed E-state index contributed by atoms with van der Waals surface area (Å²) in [6.45, 7) is 3.59. The van der Waals surface area contributed by atoms with Crippen LogP contribution in [0, 0.1) is 0 Å². The molecule has 6 heteroatoms. The van der Waals surface area contributed by atoms with Crippen molar-refractivity contribution in [3.05, 3.63) is 59.9 Å². The molecule has 1 fully saturated rings. The Kier molecular flexibility index (Phi) is 5.13. The van der Waals surface area contributed by atoms with Crippen molar-refractivity contribution in [2.24, 2.45) is 0 Å². The standard InChI is InChI=1S/C20H24N4O2/c25-20(23-17-7-11-26-19-6-2-1-5-16(17)19)14-24-10-9-22-13-18(24)15-4-3-8-21-12-15/h1-6,8,12,17-18,22H,7,9-11,13-14H2,(H,23,25). The first-order valence-corrected chi connectivity index (χ1v) is 9.17. The molecule has 1 aromatic carbocycles. The SMILES string of the molecule is O=C(CN1CCNCC1c1cccnc1)NC1CCOc2ccccc21. The highest BCUT2D eigenvalue weighted by Crippen LogP contribution is 2.31. The number of pyridine rings is 1. The number of nitrogens with zero attached hydrogens (tertiary/aromatic N) is 2. The Morgan fingerprint density at radius 1 is 1.31 bits per heavy atom. The lowest BCUT2D eigenvalue weighted by atomic mass is 10.0. The first-order valence-electron chi connectivity index (χ1n) is 9.17. The van der Waals surface area contributed by atoms with E-state index in [2.05, 4.69) is 26.6 Å². The van der Waals surface area contributed by atoms with Gasteiger partial charge in [-0.2, -0.15) is 0 Å². The Morgan fingerprint density at radius 3 is 3.12 bits per heavy atom. The molecule has 1 saturated heterocycles. The topological polar surface area (TPSA) is 66.5 Å². The molecule has 0 aliphatic carbocycles. The van der Waals surface area contributed by atoms with Crippen molar-refractivity contribution in [3.63, 3.8) is 0 Å². The molecule has 0 radical (unpaired) electrons. The van der Waals surface area contributed by atoms with E-state index in [1.807, 2.05) is 36.5 Å². The Labute approximate surface area is 153 Å². The van der Waals surface area contributed by atoms with Gasteiger partial charge in [0.2, 0.25) is 5.91 Å². The van der Waals surface area contributed by atoms with Crippen LogP contribution in [0.15, 0.2) is 48.8 Å². The van der Waals surface area contributed by atoms with Crippen LogP contribution in [0.3, 0.4) is 0 Å². The Morgan fingerprint density at radius 2 is 2.23 bits per heavy atom. The van der Waals surface area contributed by atoms with E-state index >= 15 is 0 Å². The Bertz CT molecular complexity index is 752. The van der Waals surface area contributed by atoms with Crippen molar-refractivity contribution in [3.8, 4) is 5.75 Å². The number of ether oxygens (including phenoxy) is 1. The molecule has 2 N–H and O–H groups in total. The molecule has 0 bridgehead atoms. The quantitative estimate of drug-likeness (QED) is 0.876. The van der Waals surface area contributed by atoms with Crippen molar-refractivity contribution in [1.82, 2.24) is 20.5 Å². The maximum Gasteiger partial charge on any atom is 0.234 e. The third-order valence-electron chi connectivity index (χ3n) is 5.06. The summed E-state index contributed by atoms with van der Waals surface area (Å²) in [6, 6.07) is 12.2. The lowest BCUT2D eigenvalue weighted by molar-refractivity contribution is -0.124. The third-order valence-corrected chi connectivity index (χ3v) is 5.06. The molecule has 0 saturated carbocycles. The molecule has 2 aliphatic heterocycles. The second-order valence-electron chi connectivity index (χ2n) is 6.77. The molecule has 26 heavy (non-hydrogen) atoms. The molecule has 2 aliphatic rings. The van der Waals surface area contributed by atoms with Crippen LogP contribution in [-0.2, 0) is 4.79 Å². The largest absolute Gasteiger partial charge is 0.493 e. The number of hydrogen-bond acceptors (Lipinski definition) is 5. The third kappa shape index (κ3) is 3.71. The summed E-state index contributed by atoms with van der Waals surface area (Å²) in [5.41, 5.74) is 2.21. The minimum absolute atomic E-state index is 0.0206. The maximum atomic E-state index is 12.7. The normalized spacial score (nSPS) is 22.9. The summed E-state index contributed by atoms with van der Waals surface area (Å²) >= 11 is 0. The predicted octanol–water partition coefficient (Wildman–Crippen LogP) is 1.67. The zero-order valence-electron chi connectivity index (χ0n) is 14.7. The molecule has 2 aromatic rings. The number of carbonyl (C=O) groups excluding carboxylic acids is 1. The van der Waals surface area contributed by atoms with Crippen LogP contribution < -0.4 is 15.4 Å². The van der Waals surface area contributed by atoms with E-state index in [4.69, 9.17) is 4.74 Å². The van der Waals surface area contributed by atoms with Crippen molar-refractivity contribution in [1.29, 1.82) is 0 Å². The number of aromatic nitrogens is 1. The summed E-state index contributed by atoms with van der Waals surface area (Å²) in [5, 5.41) is 6.61. The van der Waals surface area contributed by atoms with Gasteiger partial charge in [-0.15, -0.1) is 0 Å². The van der Waals surface area contributed by atoms with E-state index in [1.165, 1.54) is 0 Å². The van der Waals surface area contributed by atoms with Gasteiger partial charge in [0.05, 0.1) is 19.2 Å². The number of fused-ring (bicyclic) bond motifs is 1. The van der Waals surface area contributed by atoms with Crippen LogP contribution in [0.2, 0.25) is 0 Å². The van der Waals surface area contributed by atoms with Gasteiger partial charge in [0.1, 0.15) is 5.75 Å². The van der Waals surface area contributed by atoms with Gasteiger partial charge in [0.15, 0.2) is 0 Å². The highest BCUT2D eigenvalue weighted by molar-refractivity contribution is 5.78. The average Bonchev–Trinajstić information content (AvgIpc) is 2.69. The number of hydrogen-bond donors (Lipinski definition) is 2. The van der Waals surface area contributed by atoms with Crippen molar-refractivity contribution < 1.29 is 9.53 Å². The zero-order valence-corrected chi connectivity index (χ0v) is 14.7.